The number of amides is 1. The molecule has 0 aliphatic heterocycles. The minimum Gasteiger partial charge on any atom is -0.403 e. The van der Waals surface area contributed by atoms with E-state index in [1.165, 1.54) is 12.1 Å². The van der Waals surface area contributed by atoms with Crippen LogP contribution in [0.2, 0.25) is 5.02 Å². The van der Waals surface area contributed by atoms with Crippen molar-refractivity contribution in [3.63, 3.8) is 0 Å². The van der Waals surface area contributed by atoms with Gasteiger partial charge in [-0.25, -0.2) is 8.42 Å². The molecule has 0 radical (unpaired) electrons. The summed E-state index contributed by atoms with van der Waals surface area (Å²) in [4.78, 5) is 12.2. The molecule has 3 rings (SSSR count). The summed E-state index contributed by atoms with van der Waals surface area (Å²) in [5.74, 6) is -0.275. The van der Waals surface area contributed by atoms with E-state index >= 15 is 0 Å². The van der Waals surface area contributed by atoms with Gasteiger partial charge in [-0.3, -0.25) is 10.1 Å². The molecular formula is C18H16ClN3O4S. The summed E-state index contributed by atoms with van der Waals surface area (Å²) in [6, 6.07) is 14.9. The largest absolute Gasteiger partial charge is 0.403 e. The van der Waals surface area contributed by atoms with Crippen LogP contribution < -0.4 is 5.32 Å². The average Bonchev–Trinajstić information content (AvgIpc) is 3.11. The lowest BCUT2D eigenvalue weighted by Gasteiger charge is -2.04. The van der Waals surface area contributed by atoms with E-state index in [-0.39, 0.29) is 35.4 Å². The fraction of sp³-hybridized carbons (Fsp3) is 0.167. The van der Waals surface area contributed by atoms with Crippen LogP contribution in [0.4, 0.5) is 6.01 Å². The Balaban J connectivity index is 1.52. The lowest BCUT2D eigenvalue weighted by atomic mass is 10.2. The fourth-order valence-corrected chi connectivity index (χ4v) is 3.79. The van der Waals surface area contributed by atoms with Crippen LogP contribution in [0.5, 0.6) is 0 Å². The Morgan fingerprint density at radius 3 is 2.44 bits per heavy atom. The molecule has 1 aromatic heterocycles. The fourth-order valence-electron chi connectivity index (χ4n) is 2.33. The second-order valence-corrected chi connectivity index (χ2v) is 8.25. The topological polar surface area (TPSA) is 102 Å². The zero-order valence-electron chi connectivity index (χ0n) is 14.1. The first-order valence-electron chi connectivity index (χ1n) is 8.11. The maximum Gasteiger partial charge on any atom is 0.322 e. The first-order valence-corrected chi connectivity index (χ1v) is 10.1. The van der Waals surface area contributed by atoms with Crippen LogP contribution in [0, 0.1) is 0 Å². The van der Waals surface area contributed by atoms with Crippen LogP contribution >= 0.6 is 11.6 Å². The SMILES string of the molecule is O=C(CCCS(=O)(=O)c1ccccc1)Nc1nnc(-c2ccc(Cl)cc2)o1. The molecule has 1 heterocycles. The van der Waals surface area contributed by atoms with Gasteiger partial charge in [0.15, 0.2) is 9.84 Å². The van der Waals surface area contributed by atoms with E-state index in [9.17, 15) is 13.2 Å². The molecule has 0 bridgehead atoms. The van der Waals surface area contributed by atoms with Gasteiger partial charge in [-0.1, -0.05) is 34.9 Å². The van der Waals surface area contributed by atoms with E-state index in [4.69, 9.17) is 16.0 Å². The molecule has 0 unspecified atom stereocenters. The number of halogens is 1. The number of aromatic nitrogens is 2. The molecule has 0 atom stereocenters. The maximum absolute atomic E-state index is 12.2. The number of carbonyl (C=O) groups excluding carboxylic acids is 1. The molecule has 0 fully saturated rings. The van der Waals surface area contributed by atoms with E-state index in [0.717, 1.165) is 0 Å². The van der Waals surface area contributed by atoms with Gasteiger partial charge in [0.05, 0.1) is 10.6 Å². The average molecular weight is 406 g/mol. The summed E-state index contributed by atoms with van der Waals surface area (Å²) >= 11 is 5.83. The third-order valence-corrected chi connectivity index (χ3v) is 5.75. The van der Waals surface area contributed by atoms with E-state index in [1.54, 1.807) is 42.5 Å². The van der Waals surface area contributed by atoms with Crippen molar-refractivity contribution in [3.05, 3.63) is 59.6 Å². The molecule has 27 heavy (non-hydrogen) atoms. The molecule has 0 aliphatic rings. The predicted molar refractivity (Wildman–Crippen MR) is 101 cm³/mol. The van der Waals surface area contributed by atoms with Crippen molar-refractivity contribution in [1.82, 2.24) is 10.2 Å². The molecule has 0 saturated carbocycles. The van der Waals surface area contributed by atoms with Gasteiger partial charge in [-0.2, -0.15) is 0 Å². The summed E-state index contributed by atoms with van der Waals surface area (Å²) in [5, 5.41) is 10.7. The van der Waals surface area contributed by atoms with Crippen molar-refractivity contribution in [2.24, 2.45) is 0 Å². The van der Waals surface area contributed by atoms with Crippen LogP contribution in [-0.2, 0) is 14.6 Å². The molecular weight excluding hydrogens is 390 g/mol. The standard InChI is InChI=1S/C18H16ClN3O4S/c19-14-10-8-13(9-11-14)17-21-22-18(26-17)20-16(23)7-4-12-27(24,25)15-5-2-1-3-6-15/h1-3,5-6,8-11H,4,7,12H2,(H,20,22,23). The van der Waals surface area contributed by atoms with Gasteiger partial charge in [-0.15, -0.1) is 5.10 Å². The number of hydrogen-bond acceptors (Lipinski definition) is 6. The molecule has 1 N–H and O–H groups in total. The first kappa shape index (κ1) is 19.1. The Morgan fingerprint density at radius 1 is 1.04 bits per heavy atom. The molecule has 0 aliphatic carbocycles. The number of hydrogen-bond donors (Lipinski definition) is 1. The van der Waals surface area contributed by atoms with Gasteiger partial charge in [0.25, 0.3) is 0 Å². The van der Waals surface area contributed by atoms with Crippen molar-refractivity contribution in [2.75, 3.05) is 11.1 Å². The molecule has 0 spiro atoms. The van der Waals surface area contributed by atoms with Crippen molar-refractivity contribution < 1.29 is 17.6 Å². The number of anilines is 1. The van der Waals surface area contributed by atoms with Gasteiger partial charge >= 0.3 is 6.01 Å². The highest BCUT2D eigenvalue weighted by Crippen LogP contribution is 2.21. The minimum atomic E-state index is -3.41. The molecule has 9 heteroatoms. The van der Waals surface area contributed by atoms with Crippen LogP contribution in [0.3, 0.4) is 0 Å². The first-order chi connectivity index (χ1) is 12.9. The lowest BCUT2D eigenvalue weighted by Crippen LogP contribution is -2.14. The van der Waals surface area contributed by atoms with E-state index in [2.05, 4.69) is 15.5 Å². The van der Waals surface area contributed by atoms with Crippen LogP contribution in [0.15, 0.2) is 63.9 Å². The summed E-state index contributed by atoms with van der Waals surface area (Å²) in [6.07, 6.45) is 0.200. The Labute approximate surface area is 161 Å². The third kappa shape index (κ3) is 5.15. The van der Waals surface area contributed by atoms with Gasteiger partial charge < -0.3 is 4.42 Å². The highest BCUT2D eigenvalue weighted by molar-refractivity contribution is 7.91. The van der Waals surface area contributed by atoms with Crippen LogP contribution in [-0.4, -0.2) is 30.3 Å². The Hall–Kier alpha value is -2.71. The number of carbonyl (C=O) groups is 1. The van der Waals surface area contributed by atoms with Crippen molar-refractivity contribution in [2.45, 2.75) is 17.7 Å². The number of rotatable bonds is 7. The van der Waals surface area contributed by atoms with Gasteiger partial charge in [-0.05, 0) is 42.8 Å². The quantitative estimate of drug-likeness (QED) is 0.644. The van der Waals surface area contributed by atoms with Crippen molar-refractivity contribution in [3.8, 4) is 11.5 Å². The summed E-state index contributed by atoms with van der Waals surface area (Å²) in [5.41, 5.74) is 0.668. The van der Waals surface area contributed by atoms with Gasteiger partial charge in [0, 0.05) is 17.0 Å². The monoisotopic (exact) mass is 405 g/mol. The molecule has 1 amide bonds. The lowest BCUT2D eigenvalue weighted by molar-refractivity contribution is -0.116. The minimum absolute atomic E-state index is 0.0186. The number of nitrogens with zero attached hydrogens (tertiary/aromatic N) is 2. The summed E-state index contributed by atoms with van der Waals surface area (Å²) < 4.78 is 29.7. The molecule has 7 nitrogen and oxygen atoms in total. The second-order valence-electron chi connectivity index (χ2n) is 5.70. The van der Waals surface area contributed by atoms with Crippen molar-refractivity contribution in [1.29, 1.82) is 0 Å². The third-order valence-electron chi connectivity index (χ3n) is 3.68. The summed E-state index contributed by atoms with van der Waals surface area (Å²) in [7, 11) is -3.41. The van der Waals surface area contributed by atoms with Crippen LogP contribution in [0.25, 0.3) is 11.5 Å². The van der Waals surface area contributed by atoms with E-state index in [1.807, 2.05) is 0 Å². The van der Waals surface area contributed by atoms with E-state index < -0.39 is 15.7 Å². The second kappa shape index (κ2) is 8.32. The van der Waals surface area contributed by atoms with Gasteiger partial charge in [0.1, 0.15) is 0 Å². The van der Waals surface area contributed by atoms with Crippen molar-refractivity contribution >= 4 is 33.4 Å². The highest BCUT2D eigenvalue weighted by Gasteiger charge is 2.16. The molecule has 3 aromatic rings. The molecule has 0 saturated heterocycles. The highest BCUT2D eigenvalue weighted by atomic mass is 35.5. The summed E-state index contributed by atoms with van der Waals surface area (Å²) in [6.45, 7) is 0. The maximum atomic E-state index is 12.2. The molecule has 2 aromatic carbocycles. The smallest absolute Gasteiger partial charge is 0.322 e. The number of benzene rings is 2. The zero-order chi connectivity index (χ0) is 19.3. The normalized spacial score (nSPS) is 11.3. The number of sulfone groups is 1. The van der Waals surface area contributed by atoms with Crippen LogP contribution in [0.1, 0.15) is 12.8 Å². The van der Waals surface area contributed by atoms with E-state index in [0.29, 0.717) is 10.6 Å². The Morgan fingerprint density at radius 2 is 1.74 bits per heavy atom. The Bertz CT molecular complexity index is 1020. The Kier molecular flexibility index (Phi) is 5.88. The number of nitrogens with one attached hydrogen (secondary N) is 1. The predicted octanol–water partition coefficient (Wildman–Crippen LogP) is 3.58. The molecule has 140 valence electrons. The zero-order valence-corrected chi connectivity index (χ0v) is 15.7. The van der Waals surface area contributed by atoms with Gasteiger partial charge in [0.2, 0.25) is 11.8 Å².